The lowest BCUT2D eigenvalue weighted by Gasteiger charge is -2.14. The Morgan fingerprint density at radius 2 is 1.18 bits per heavy atom. The highest BCUT2D eigenvalue weighted by molar-refractivity contribution is 4.32. The zero-order valence-electron chi connectivity index (χ0n) is 8.63. The van der Waals surface area contributed by atoms with Gasteiger partial charge in [-0.15, -0.1) is 0 Å². The Hall–Kier alpha value is -0.120. The first-order valence-electron chi connectivity index (χ1n) is 3.67. The molecule has 0 aliphatic carbocycles. The molecule has 0 fully saturated rings. The van der Waals surface area contributed by atoms with Crippen molar-refractivity contribution in [1.29, 1.82) is 0 Å². The molecule has 3 nitrogen and oxygen atoms in total. The highest BCUT2D eigenvalue weighted by Crippen LogP contribution is 1.83. The number of hydrogen-bond acceptors (Lipinski definition) is 2. The molecular formula is C8H23NO2. The van der Waals surface area contributed by atoms with E-state index < -0.39 is 0 Å². The third kappa shape index (κ3) is 174. The van der Waals surface area contributed by atoms with Crippen molar-refractivity contribution in [2.24, 2.45) is 5.92 Å². The molecule has 0 unspecified atom stereocenters. The molecule has 0 heterocycles. The minimum Gasteiger partial charge on any atom is -0.870 e. The van der Waals surface area contributed by atoms with Crippen molar-refractivity contribution in [2.75, 3.05) is 34.8 Å². The molecule has 72 valence electrons. The van der Waals surface area contributed by atoms with Crippen LogP contribution in [0.3, 0.4) is 0 Å². The Balaban J connectivity index is -0.000000107. The van der Waals surface area contributed by atoms with Crippen LogP contribution >= 0.6 is 0 Å². The van der Waals surface area contributed by atoms with Gasteiger partial charge in [0.2, 0.25) is 0 Å². The molecule has 0 aromatic rings. The Labute approximate surface area is 70.5 Å². The summed E-state index contributed by atoms with van der Waals surface area (Å²) in [6.45, 7) is 4.25. The Morgan fingerprint density at radius 1 is 1.09 bits per heavy atom. The van der Waals surface area contributed by atoms with E-state index in [4.69, 9.17) is 5.11 Å². The Morgan fingerprint density at radius 3 is 1.18 bits per heavy atom. The Kier molecular flexibility index (Phi) is 12.4. The van der Waals surface area contributed by atoms with Crippen molar-refractivity contribution in [3.63, 3.8) is 0 Å². The van der Waals surface area contributed by atoms with Crippen LogP contribution in [0.2, 0.25) is 0 Å². The van der Waals surface area contributed by atoms with Gasteiger partial charge < -0.3 is 15.1 Å². The quantitative estimate of drug-likeness (QED) is 0.584. The van der Waals surface area contributed by atoms with Crippen LogP contribution < -0.4 is 0 Å². The average molecular weight is 165 g/mol. The standard InChI is InChI=1S/C4H12N.C4H10O.H2O/c1-5(2,3)4;1-4(2)3-5;/h1-4H3;4-5H,3H2,1-2H3;1H2/q+1;;/p-1. The van der Waals surface area contributed by atoms with Gasteiger partial charge in [-0.3, -0.25) is 0 Å². The molecule has 0 aromatic carbocycles. The molecule has 0 spiro atoms. The maximum Gasteiger partial charge on any atom is 0.0675 e. The molecule has 0 bridgehead atoms. The zero-order chi connectivity index (χ0) is 8.78. The van der Waals surface area contributed by atoms with Gasteiger partial charge in [0.1, 0.15) is 0 Å². The second-order valence-electron chi connectivity index (χ2n) is 4.26. The lowest BCUT2D eigenvalue weighted by Crippen LogP contribution is -2.27. The summed E-state index contributed by atoms with van der Waals surface area (Å²) < 4.78 is 1.00. The molecular weight excluding hydrogens is 142 g/mol. The molecule has 0 saturated carbocycles. The largest absolute Gasteiger partial charge is 0.870 e. The second-order valence-corrected chi connectivity index (χ2v) is 4.26. The molecule has 0 amide bonds. The van der Waals surface area contributed by atoms with Crippen LogP contribution in [0.1, 0.15) is 13.8 Å². The predicted octanol–water partition coefficient (Wildman–Crippen LogP) is 0.780. The van der Waals surface area contributed by atoms with Crippen LogP contribution in [-0.2, 0) is 0 Å². The van der Waals surface area contributed by atoms with E-state index in [1.165, 1.54) is 0 Å². The summed E-state index contributed by atoms with van der Waals surface area (Å²) in [6, 6.07) is 0. The highest BCUT2D eigenvalue weighted by atomic mass is 16.3. The number of nitrogens with zero attached hydrogens (tertiary/aromatic N) is 1. The lowest BCUT2D eigenvalue weighted by molar-refractivity contribution is -0.849. The normalized spacial score (nSPS) is 9.82. The van der Waals surface area contributed by atoms with Gasteiger partial charge in [0.25, 0.3) is 0 Å². The van der Waals surface area contributed by atoms with Gasteiger partial charge in [0.15, 0.2) is 0 Å². The lowest BCUT2D eigenvalue weighted by atomic mass is 10.2. The van der Waals surface area contributed by atoms with Crippen LogP contribution in [0.25, 0.3) is 0 Å². The van der Waals surface area contributed by atoms with Gasteiger partial charge in [0.05, 0.1) is 28.2 Å². The third-order valence-corrected chi connectivity index (χ3v) is 0.365. The predicted molar refractivity (Wildman–Crippen MR) is 47.8 cm³/mol. The topological polar surface area (TPSA) is 50.2 Å². The molecule has 0 aromatic heterocycles. The minimum absolute atomic E-state index is 0. The van der Waals surface area contributed by atoms with E-state index in [1.807, 2.05) is 13.8 Å². The van der Waals surface area contributed by atoms with Gasteiger partial charge in [-0.05, 0) is 5.92 Å². The summed E-state index contributed by atoms with van der Waals surface area (Å²) in [6.07, 6.45) is 0. The summed E-state index contributed by atoms with van der Waals surface area (Å²) in [4.78, 5) is 0. The number of aliphatic hydroxyl groups is 1. The van der Waals surface area contributed by atoms with Crippen LogP contribution in [0.4, 0.5) is 0 Å². The van der Waals surface area contributed by atoms with Crippen molar-refractivity contribution in [2.45, 2.75) is 13.8 Å². The van der Waals surface area contributed by atoms with Crippen molar-refractivity contribution in [1.82, 2.24) is 0 Å². The van der Waals surface area contributed by atoms with Crippen molar-refractivity contribution >= 4 is 0 Å². The zero-order valence-corrected chi connectivity index (χ0v) is 8.63. The first-order valence-corrected chi connectivity index (χ1v) is 3.67. The fraction of sp³-hybridized carbons (Fsp3) is 1.00. The van der Waals surface area contributed by atoms with E-state index in [-0.39, 0.29) is 5.48 Å². The molecule has 0 atom stereocenters. The monoisotopic (exact) mass is 165 g/mol. The molecule has 0 saturated heterocycles. The molecule has 0 aliphatic rings. The van der Waals surface area contributed by atoms with Crippen LogP contribution in [0, 0.1) is 5.92 Å². The third-order valence-electron chi connectivity index (χ3n) is 0.365. The minimum atomic E-state index is 0. The summed E-state index contributed by atoms with van der Waals surface area (Å²) in [5.41, 5.74) is 0. The number of aliphatic hydroxyl groups excluding tert-OH is 1. The van der Waals surface area contributed by atoms with Crippen LogP contribution in [-0.4, -0.2) is 49.9 Å². The maximum atomic E-state index is 8.14. The van der Waals surface area contributed by atoms with E-state index in [0.717, 1.165) is 4.48 Å². The first kappa shape index (κ1) is 17.1. The average Bonchev–Trinajstić information content (AvgIpc) is 1.61. The summed E-state index contributed by atoms with van der Waals surface area (Å²) in [7, 11) is 8.50. The summed E-state index contributed by atoms with van der Waals surface area (Å²) >= 11 is 0. The number of hydrogen-bond donors (Lipinski definition) is 1. The maximum absolute atomic E-state index is 8.14. The van der Waals surface area contributed by atoms with Gasteiger partial charge in [-0.1, -0.05) is 13.8 Å². The van der Waals surface area contributed by atoms with Gasteiger partial charge in [-0.25, -0.2) is 0 Å². The number of rotatable bonds is 1. The van der Waals surface area contributed by atoms with E-state index in [9.17, 15) is 0 Å². The molecule has 3 heteroatoms. The van der Waals surface area contributed by atoms with Crippen molar-refractivity contribution in [3.05, 3.63) is 0 Å². The Bertz CT molecular complexity index is 61.0. The first-order chi connectivity index (χ1) is 4.27. The SMILES string of the molecule is CC(C)CO.C[N+](C)(C)C.[OH-]. The number of quaternary nitrogens is 1. The summed E-state index contributed by atoms with van der Waals surface area (Å²) in [5, 5.41) is 8.14. The van der Waals surface area contributed by atoms with Crippen LogP contribution in [0.15, 0.2) is 0 Å². The van der Waals surface area contributed by atoms with Gasteiger partial charge in [-0.2, -0.15) is 0 Å². The molecule has 2 N–H and O–H groups in total. The van der Waals surface area contributed by atoms with Crippen LogP contribution in [0.5, 0.6) is 0 Å². The van der Waals surface area contributed by atoms with E-state index in [2.05, 4.69) is 28.2 Å². The van der Waals surface area contributed by atoms with Gasteiger partial charge >= 0.3 is 0 Å². The smallest absolute Gasteiger partial charge is 0.0675 e. The second kappa shape index (κ2) is 7.98. The molecule has 0 radical (unpaired) electrons. The molecule has 0 rings (SSSR count). The highest BCUT2D eigenvalue weighted by Gasteiger charge is 1.88. The van der Waals surface area contributed by atoms with E-state index in [1.54, 1.807) is 0 Å². The summed E-state index contributed by atoms with van der Waals surface area (Å²) in [5.74, 6) is 0.440. The van der Waals surface area contributed by atoms with E-state index >= 15 is 0 Å². The molecule has 11 heavy (non-hydrogen) atoms. The fourth-order valence-electron chi connectivity index (χ4n) is 0. The molecule has 0 aliphatic heterocycles. The van der Waals surface area contributed by atoms with Crippen molar-refractivity contribution < 1.29 is 15.1 Å². The van der Waals surface area contributed by atoms with Gasteiger partial charge in [0, 0.05) is 6.61 Å². The van der Waals surface area contributed by atoms with Crippen molar-refractivity contribution in [3.8, 4) is 0 Å². The fourth-order valence-corrected chi connectivity index (χ4v) is 0. The van der Waals surface area contributed by atoms with E-state index in [0.29, 0.717) is 12.5 Å².